The molecule has 6 nitrogen and oxygen atoms in total. The van der Waals surface area contributed by atoms with E-state index in [1.807, 2.05) is 0 Å². The maximum absolute atomic E-state index is 10.9. The molecule has 1 rings (SSSR count). The molecule has 0 aliphatic carbocycles. The summed E-state index contributed by atoms with van der Waals surface area (Å²) in [5.74, 6) is -1.60. The molecule has 1 aromatic rings. The number of nitro groups is 1. The van der Waals surface area contributed by atoms with Gasteiger partial charge in [-0.15, -0.1) is 0 Å². The molecule has 0 unspecified atom stereocenters. The molecule has 0 fully saturated rings. The summed E-state index contributed by atoms with van der Waals surface area (Å²) < 4.78 is 4.96. The van der Waals surface area contributed by atoms with Crippen LogP contribution in [0.2, 0.25) is 5.02 Å². The molecule has 0 bridgehead atoms. The highest BCUT2D eigenvalue weighted by atomic mass is 35.5. The number of hydrogen-bond acceptors (Lipinski definition) is 4. The van der Waals surface area contributed by atoms with Crippen molar-refractivity contribution < 1.29 is 19.6 Å². The van der Waals surface area contributed by atoms with Gasteiger partial charge >= 0.3 is 11.7 Å². The molecule has 16 heavy (non-hydrogen) atoms. The first-order valence-electron chi connectivity index (χ1n) is 4.31. The first-order chi connectivity index (χ1) is 7.47. The molecule has 1 N–H and O–H groups in total. The van der Waals surface area contributed by atoms with Crippen molar-refractivity contribution in [1.29, 1.82) is 0 Å². The molecular weight excluding hydrogens is 238 g/mol. The van der Waals surface area contributed by atoms with Crippen LogP contribution >= 0.6 is 11.6 Å². The van der Waals surface area contributed by atoms with E-state index in [0.717, 1.165) is 12.1 Å². The van der Waals surface area contributed by atoms with Crippen molar-refractivity contribution in [3.8, 4) is 5.75 Å². The molecule has 0 heterocycles. The smallest absolute Gasteiger partial charge is 0.339 e. The first-order valence-corrected chi connectivity index (χ1v) is 4.69. The average molecular weight is 246 g/mol. The fourth-order valence-corrected chi connectivity index (χ4v) is 1.38. The van der Waals surface area contributed by atoms with Gasteiger partial charge in [0.25, 0.3) is 0 Å². The van der Waals surface area contributed by atoms with Crippen LogP contribution in [0, 0.1) is 10.1 Å². The van der Waals surface area contributed by atoms with E-state index in [1.165, 1.54) is 0 Å². The van der Waals surface area contributed by atoms with Crippen molar-refractivity contribution in [3.05, 3.63) is 32.8 Å². The summed E-state index contributed by atoms with van der Waals surface area (Å²) in [5, 5.41) is 19.5. The molecule has 0 atom stereocenters. The van der Waals surface area contributed by atoms with E-state index >= 15 is 0 Å². The maximum atomic E-state index is 10.9. The van der Waals surface area contributed by atoms with Gasteiger partial charge in [0, 0.05) is 11.1 Å². The summed E-state index contributed by atoms with van der Waals surface area (Å²) in [4.78, 5) is 20.8. The van der Waals surface area contributed by atoms with Gasteiger partial charge in [0.1, 0.15) is 5.56 Å². The summed E-state index contributed by atoms with van der Waals surface area (Å²) in [7, 11) is 0. The molecule has 0 aromatic heterocycles. The Morgan fingerprint density at radius 1 is 1.62 bits per heavy atom. The number of carbonyl (C=O) groups is 1. The van der Waals surface area contributed by atoms with Crippen molar-refractivity contribution in [2.75, 3.05) is 6.61 Å². The number of nitro benzene ring substituents is 1. The summed E-state index contributed by atoms with van der Waals surface area (Å²) in [6, 6.07) is 2.17. The summed E-state index contributed by atoms with van der Waals surface area (Å²) in [6.45, 7) is 1.73. The Hall–Kier alpha value is -1.82. The number of rotatable bonds is 4. The number of carboxylic acids is 1. The van der Waals surface area contributed by atoms with E-state index < -0.39 is 16.6 Å². The third-order valence-electron chi connectivity index (χ3n) is 1.75. The Morgan fingerprint density at radius 2 is 2.25 bits per heavy atom. The second-order valence-electron chi connectivity index (χ2n) is 2.80. The van der Waals surface area contributed by atoms with Crippen LogP contribution in [0.1, 0.15) is 17.3 Å². The second kappa shape index (κ2) is 4.80. The average Bonchev–Trinajstić information content (AvgIpc) is 2.19. The van der Waals surface area contributed by atoms with Gasteiger partial charge in [-0.1, -0.05) is 11.6 Å². The predicted molar refractivity (Wildman–Crippen MR) is 56.2 cm³/mol. The highest BCUT2D eigenvalue weighted by molar-refractivity contribution is 6.31. The highest BCUT2D eigenvalue weighted by Gasteiger charge is 2.24. The molecule has 0 aliphatic heterocycles. The summed E-state index contributed by atoms with van der Waals surface area (Å²) in [6.07, 6.45) is 0. The molecular formula is C9H8ClNO5. The molecule has 0 saturated heterocycles. The van der Waals surface area contributed by atoms with Crippen molar-refractivity contribution >= 4 is 23.3 Å². The van der Waals surface area contributed by atoms with Crippen LogP contribution in [-0.4, -0.2) is 22.6 Å². The van der Waals surface area contributed by atoms with E-state index in [4.69, 9.17) is 21.4 Å². The number of hydrogen-bond donors (Lipinski definition) is 1. The third-order valence-corrected chi connectivity index (χ3v) is 1.97. The van der Waals surface area contributed by atoms with E-state index in [2.05, 4.69) is 0 Å². The van der Waals surface area contributed by atoms with Crippen molar-refractivity contribution in [2.24, 2.45) is 0 Å². The molecule has 0 radical (unpaired) electrons. The van der Waals surface area contributed by atoms with E-state index in [0.29, 0.717) is 0 Å². The lowest BCUT2D eigenvalue weighted by molar-refractivity contribution is -0.385. The van der Waals surface area contributed by atoms with Crippen molar-refractivity contribution in [1.82, 2.24) is 0 Å². The zero-order chi connectivity index (χ0) is 12.3. The van der Waals surface area contributed by atoms with Crippen molar-refractivity contribution in [2.45, 2.75) is 6.92 Å². The number of ether oxygens (including phenoxy) is 1. The Bertz CT molecular complexity index is 411. The Balaban J connectivity index is 3.47. The number of carboxylic acid groups (broad SMARTS) is 1. The first kappa shape index (κ1) is 12.3. The van der Waals surface area contributed by atoms with Gasteiger partial charge in [-0.25, -0.2) is 4.79 Å². The standard InChI is InChI=1S/C9H8ClNO5/c1-2-16-8-6(9(12)13)3-5(10)4-7(8)11(14)15/h3-4H,2H2,1H3,(H,12,13). The molecule has 0 amide bonds. The van der Waals surface area contributed by atoms with Crippen LogP contribution in [-0.2, 0) is 0 Å². The quantitative estimate of drug-likeness (QED) is 0.649. The van der Waals surface area contributed by atoms with Crippen LogP contribution < -0.4 is 4.74 Å². The highest BCUT2D eigenvalue weighted by Crippen LogP contribution is 2.34. The summed E-state index contributed by atoms with van der Waals surface area (Å²) >= 11 is 5.59. The Labute approximate surface area is 95.6 Å². The predicted octanol–water partition coefficient (Wildman–Crippen LogP) is 2.35. The van der Waals surface area contributed by atoms with Crippen LogP contribution in [0.5, 0.6) is 5.75 Å². The van der Waals surface area contributed by atoms with Crippen LogP contribution in [0.25, 0.3) is 0 Å². The van der Waals surface area contributed by atoms with Crippen molar-refractivity contribution in [3.63, 3.8) is 0 Å². The number of nitrogens with zero attached hydrogens (tertiary/aromatic N) is 1. The topological polar surface area (TPSA) is 89.7 Å². The normalized spacial score (nSPS) is 9.88. The maximum Gasteiger partial charge on any atom is 0.339 e. The lowest BCUT2D eigenvalue weighted by Crippen LogP contribution is -2.06. The zero-order valence-corrected chi connectivity index (χ0v) is 9.02. The minimum atomic E-state index is -1.32. The van der Waals surface area contributed by atoms with Crippen LogP contribution in [0.15, 0.2) is 12.1 Å². The Kier molecular flexibility index (Phi) is 3.68. The number of aromatic carboxylic acids is 1. The second-order valence-corrected chi connectivity index (χ2v) is 3.23. The zero-order valence-electron chi connectivity index (χ0n) is 8.27. The van der Waals surface area contributed by atoms with Gasteiger partial charge in [-0.05, 0) is 13.0 Å². The van der Waals surface area contributed by atoms with Gasteiger partial charge < -0.3 is 9.84 Å². The van der Waals surface area contributed by atoms with Gasteiger partial charge in [0.15, 0.2) is 0 Å². The minimum Gasteiger partial charge on any atom is -0.487 e. The fourth-order valence-electron chi connectivity index (χ4n) is 1.17. The molecule has 86 valence electrons. The molecule has 0 spiro atoms. The number of benzene rings is 1. The van der Waals surface area contributed by atoms with E-state index in [-0.39, 0.29) is 22.9 Å². The fraction of sp³-hybridized carbons (Fsp3) is 0.222. The largest absolute Gasteiger partial charge is 0.487 e. The third kappa shape index (κ3) is 2.40. The van der Waals surface area contributed by atoms with Crippen LogP contribution in [0.4, 0.5) is 5.69 Å². The van der Waals surface area contributed by atoms with E-state index in [1.54, 1.807) is 6.92 Å². The molecule has 0 saturated carbocycles. The Morgan fingerprint density at radius 3 is 2.69 bits per heavy atom. The monoisotopic (exact) mass is 245 g/mol. The SMILES string of the molecule is CCOc1c(C(=O)O)cc(Cl)cc1[N+](=O)[O-]. The van der Waals surface area contributed by atoms with Gasteiger partial charge in [-0.3, -0.25) is 10.1 Å². The van der Waals surface area contributed by atoms with Gasteiger partial charge in [0.2, 0.25) is 5.75 Å². The lowest BCUT2D eigenvalue weighted by Gasteiger charge is -2.07. The van der Waals surface area contributed by atoms with Gasteiger partial charge in [0.05, 0.1) is 11.5 Å². The van der Waals surface area contributed by atoms with Crippen LogP contribution in [0.3, 0.4) is 0 Å². The minimum absolute atomic E-state index is 0.0208. The molecule has 7 heteroatoms. The molecule has 1 aromatic carbocycles. The molecule has 0 aliphatic rings. The lowest BCUT2D eigenvalue weighted by atomic mass is 10.1. The summed E-state index contributed by atoms with van der Waals surface area (Å²) in [5.41, 5.74) is -0.771. The van der Waals surface area contributed by atoms with E-state index in [9.17, 15) is 14.9 Å². The van der Waals surface area contributed by atoms with Gasteiger partial charge in [-0.2, -0.15) is 0 Å². The number of halogens is 1.